The van der Waals surface area contributed by atoms with Crippen molar-refractivity contribution in [1.82, 2.24) is 10.2 Å². The van der Waals surface area contributed by atoms with Crippen LogP contribution in [-0.2, 0) is 22.6 Å². The molecule has 3 rings (SSSR count). The van der Waals surface area contributed by atoms with Gasteiger partial charge in [-0.15, -0.1) is 0 Å². The summed E-state index contributed by atoms with van der Waals surface area (Å²) in [5.41, 5.74) is 1.20. The SMILES string of the molecule is COc1ccc(CC(=O)N(Cc2ccccc2F)[C@@H](C)C(=O)NC2CCCCC2)cc1. The Labute approximate surface area is 183 Å². The average molecular weight is 427 g/mol. The number of benzene rings is 2. The van der Waals surface area contributed by atoms with Crippen LogP contribution in [0.4, 0.5) is 4.39 Å². The smallest absolute Gasteiger partial charge is 0.242 e. The lowest BCUT2D eigenvalue weighted by Gasteiger charge is -2.31. The van der Waals surface area contributed by atoms with Crippen LogP contribution >= 0.6 is 0 Å². The van der Waals surface area contributed by atoms with Gasteiger partial charge in [0.05, 0.1) is 13.5 Å². The van der Waals surface area contributed by atoms with Gasteiger partial charge in [0, 0.05) is 18.2 Å². The van der Waals surface area contributed by atoms with E-state index in [1.807, 2.05) is 12.1 Å². The van der Waals surface area contributed by atoms with E-state index in [4.69, 9.17) is 4.74 Å². The number of methoxy groups -OCH3 is 1. The Bertz CT molecular complexity index is 879. The van der Waals surface area contributed by atoms with Gasteiger partial charge in [-0.3, -0.25) is 9.59 Å². The van der Waals surface area contributed by atoms with Crippen LogP contribution in [0.3, 0.4) is 0 Å². The summed E-state index contributed by atoms with van der Waals surface area (Å²) in [6, 6.07) is 13.0. The molecule has 1 atom stereocenters. The molecule has 0 heterocycles. The second kappa shape index (κ2) is 10.9. The minimum Gasteiger partial charge on any atom is -0.497 e. The molecule has 1 fully saturated rings. The van der Waals surface area contributed by atoms with E-state index < -0.39 is 6.04 Å². The van der Waals surface area contributed by atoms with Crippen molar-refractivity contribution >= 4 is 11.8 Å². The summed E-state index contributed by atoms with van der Waals surface area (Å²) in [6.45, 7) is 1.76. The summed E-state index contributed by atoms with van der Waals surface area (Å²) < 4.78 is 19.5. The molecule has 2 amide bonds. The zero-order valence-electron chi connectivity index (χ0n) is 18.3. The first-order valence-electron chi connectivity index (χ1n) is 10.9. The van der Waals surface area contributed by atoms with Crippen molar-refractivity contribution in [3.05, 3.63) is 65.5 Å². The maximum Gasteiger partial charge on any atom is 0.242 e. The summed E-state index contributed by atoms with van der Waals surface area (Å²) in [6.07, 6.45) is 5.46. The van der Waals surface area contributed by atoms with E-state index in [9.17, 15) is 14.0 Å². The van der Waals surface area contributed by atoms with E-state index in [-0.39, 0.29) is 36.6 Å². The van der Waals surface area contributed by atoms with E-state index >= 15 is 0 Å². The van der Waals surface area contributed by atoms with Crippen LogP contribution in [0.25, 0.3) is 0 Å². The van der Waals surface area contributed by atoms with Gasteiger partial charge >= 0.3 is 0 Å². The quantitative estimate of drug-likeness (QED) is 0.687. The number of carbonyl (C=O) groups excluding carboxylic acids is 2. The number of nitrogens with zero attached hydrogens (tertiary/aromatic N) is 1. The number of hydrogen-bond acceptors (Lipinski definition) is 3. The molecule has 1 aliphatic carbocycles. The molecule has 31 heavy (non-hydrogen) atoms. The summed E-state index contributed by atoms with van der Waals surface area (Å²) in [5.74, 6) is -0.0877. The number of nitrogens with one attached hydrogen (secondary N) is 1. The molecule has 0 aromatic heterocycles. The van der Waals surface area contributed by atoms with E-state index in [0.717, 1.165) is 31.2 Å². The molecule has 1 saturated carbocycles. The zero-order chi connectivity index (χ0) is 22.2. The molecule has 166 valence electrons. The second-order valence-corrected chi connectivity index (χ2v) is 8.16. The molecule has 2 aromatic carbocycles. The number of hydrogen-bond donors (Lipinski definition) is 1. The van der Waals surface area contributed by atoms with Crippen molar-refractivity contribution in [2.45, 2.75) is 64.1 Å². The normalized spacial score (nSPS) is 15.2. The first-order chi connectivity index (χ1) is 15.0. The first kappa shape index (κ1) is 22.8. The van der Waals surface area contributed by atoms with E-state index in [1.54, 1.807) is 44.4 Å². The molecule has 6 heteroatoms. The molecule has 0 aliphatic heterocycles. The lowest BCUT2D eigenvalue weighted by Crippen LogP contribution is -2.50. The molecule has 2 aromatic rings. The lowest BCUT2D eigenvalue weighted by atomic mass is 9.95. The molecule has 0 unspecified atom stereocenters. The highest BCUT2D eigenvalue weighted by Gasteiger charge is 2.28. The second-order valence-electron chi connectivity index (χ2n) is 8.16. The Morgan fingerprint density at radius 1 is 1.10 bits per heavy atom. The highest BCUT2D eigenvalue weighted by molar-refractivity contribution is 5.88. The van der Waals surface area contributed by atoms with E-state index in [0.29, 0.717) is 11.3 Å². The van der Waals surface area contributed by atoms with Crippen LogP contribution in [-0.4, -0.2) is 35.9 Å². The Balaban J connectivity index is 1.76. The van der Waals surface area contributed by atoms with Crippen LogP contribution in [0, 0.1) is 5.82 Å². The van der Waals surface area contributed by atoms with Gasteiger partial charge in [-0.1, -0.05) is 49.6 Å². The summed E-state index contributed by atoms with van der Waals surface area (Å²) in [5, 5.41) is 3.09. The van der Waals surface area contributed by atoms with Gasteiger partial charge in [0.15, 0.2) is 0 Å². The van der Waals surface area contributed by atoms with Crippen LogP contribution in [0.1, 0.15) is 50.2 Å². The molecule has 1 aliphatic rings. The summed E-state index contributed by atoms with van der Waals surface area (Å²) in [7, 11) is 1.59. The van der Waals surface area contributed by atoms with Gasteiger partial charge in [0.25, 0.3) is 0 Å². The van der Waals surface area contributed by atoms with Crippen LogP contribution in [0.15, 0.2) is 48.5 Å². The molecule has 0 bridgehead atoms. The van der Waals surface area contributed by atoms with E-state index in [1.165, 1.54) is 17.4 Å². The van der Waals surface area contributed by atoms with Crippen molar-refractivity contribution in [2.75, 3.05) is 7.11 Å². The molecular weight excluding hydrogens is 395 g/mol. The predicted molar refractivity (Wildman–Crippen MR) is 118 cm³/mol. The minimum atomic E-state index is -0.702. The van der Waals surface area contributed by atoms with Crippen molar-refractivity contribution < 1.29 is 18.7 Å². The minimum absolute atomic E-state index is 0.0426. The van der Waals surface area contributed by atoms with Gasteiger partial charge in [-0.25, -0.2) is 4.39 Å². The number of carbonyl (C=O) groups is 2. The summed E-state index contributed by atoms with van der Waals surface area (Å²) in [4.78, 5) is 27.6. The Morgan fingerprint density at radius 2 is 1.77 bits per heavy atom. The Kier molecular flexibility index (Phi) is 8.04. The molecule has 1 N–H and O–H groups in total. The number of amides is 2. The molecular formula is C25H31FN2O3. The van der Waals surface area contributed by atoms with Crippen molar-refractivity contribution in [1.29, 1.82) is 0 Å². The summed E-state index contributed by atoms with van der Waals surface area (Å²) >= 11 is 0. The van der Waals surface area contributed by atoms with Gasteiger partial charge in [0.2, 0.25) is 11.8 Å². The highest BCUT2D eigenvalue weighted by atomic mass is 19.1. The third-order valence-corrected chi connectivity index (χ3v) is 5.93. The highest BCUT2D eigenvalue weighted by Crippen LogP contribution is 2.19. The molecule has 5 nitrogen and oxygen atoms in total. The van der Waals surface area contributed by atoms with Crippen LogP contribution < -0.4 is 10.1 Å². The van der Waals surface area contributed by atoms with Gasteiger partial charge in [-0.05, 0) is 43.5 Å². The number of ether oxygens (including phenoxy) is 1. The molecule has 0 radical (unpaired) electrons. The van der Waals surface area contributed by atoms with Gasteiger partial charge < -0.3 is 15.0 Å². The number of rotatable bonds is 8. The van der Waals surface area contributed by atoms with Crippen molar-refractivity contribution in [3.8, 4) is 5.75 Å². The van der Waals surface area contributed by atoms with E-state index in [2.05, 4.69) is 5.32 Å². The standard InChI is InChI=1S/C25H31FN2O3/c1-18(25(30)27-21-9-4-3-5-10-21)28(17-20-8-6-7-11-23(20)26)24(29)16-19-12-14-22(31-2)15-13-19/h6-8,11-15,18,21H,3-5,9-10,16-17H2,1-2H3,(H,27,30)/t18-/m0/s1. The fourth-order valence-electron chi connectivity index (χ4n) is 3.98. The van der Waals surface area contributed by atoms with Crippen molar-refractivity contribution in [3.63, 3.8) is 0 Å². The van der Waals surface area contributed by atoms with Crippen LogP contribution in [0.5, 0.6) is 5.75 Å². The first-order valence-corrected chi connectivity index (χ1v) is 10.9. The average Bonchev–Trinajstić information content (AvgIpc) is 2.79. The third kappa shape index (κ3) is 6.29. The monoisotopic (exact) mass is 426 g/mol. The van der Waals surface area contributed by atoms with Gasteiger partial charge in [0.1, 0.15) is 17.6 Å². The maximum atomic E-state index is 14.3. The third-order valence-electron chi connectivity index (χ3n) is 5.93. The van der Waals surface area contributed by atoms with Gasteiger partial charge in [-0.2, -0.15) is 0 Å². The topological polar surface area (TPSA) is 58.6 Å². The Hall–Kier alpha value is -2.89. The lowest BCUT2D eigenvalue weighted by molar-refractivity contribution is -0.140. The largest absolute Gasteiger partial charge is 0.497 e. The van der Waals surface area contributed by atoms with Crippen molar-refractivity contribution in [2.24, 2.45) is 0 Å². The molecule has 0 spiro atoms. The maximum absolute atomic E-state index is 14.3. The molecule has 0 saturated heterocycles. The fourth-order valence-corrected chi connectivity index (χ4v) is 3.98. The Morgan fingerprint density at radius 3 is 2.42 bits per heavy atom. The zero-order valence-corrected chi connectivity index (χ0v) is 18.3. The fraction of sp³-hybridized carbons (Fsp3) is 0.440. The van der Waals surface area contributed by atoms with Crippen LogP contribution in [0.2, 0.25) is 0 Å². The number of halogens is 1. The predicted octanol–water partition coefficient (Wildman–Crippen LogP) is 4.24.